The molecule has 0 amide bonds. The van der Waals surface area contributed by atoms with Gasteiger partial charge < -0.3 is 29.0 Å². The van der Waals surface area contributed by atoms with E-state index in [0.29, 0.717) is 30.1 Å². The zero-order valence-electron chi connectivity index (χ0n) is 20.7. The highest BCUT2D eigenvalue weighted by molar-refractivity contribution is 5.44. The van der Waals surface area contributed by atoms with Crippen molar-refractivity contribution >= 4 is 0 Å². The number of methoxy groups -OCH3 is 2. The summed E-state index contributed by atoms with van der Waals surface area (Å²) in [5.41, 5.74) is 0.780. The number of benzene rings is 3. The highest BCUT2D eigenvalue weighted by Gasteiger charge is 2.42. The van der Waals surface area contributed by atoms with Crippen molar-refractivity contribution in [2.45, 2.75) is 18.6 Å². The largest absolute Gasteiger partial charge is 0.497 e. The normalized spacial score (nSPS) is 13.9. The van der Waals surface area contributed by atoms with Crippen LogP contribution in [0, 0.1) is 0 Å². The molecule has 3 rings (SSSR count). The Balaban J connectivity index is 2.05. The Hall–Kier alpha value is -3.06. The van der Waals surface area contributed by atoms with Crippen LogP contribution < -0.4 is 14.2 Å². The van der Waals surface area contributed by atoms with Crippen molar-refractivity contribution in [2.24, 2.45) is 0 Å². The van der Waals surface area contributed by atoms with Crippen molar-refractivity contribution in [2.75, 3.05) is 48.1 Å². The summed E-state index contributed by atoms with van der Waals surface area (Å²) in [7, 11) is 7.27. The van der Waals surface area contributed by atoms with Crippen LogP contribution in [0.3, 0.4) is 0 Å². The Morgan fingerprint density at radius 1 is 0.765 bits per heavy atom. The summed E-state index contributed by atoms with van der Waals surface area (Å²) in [5.74, 6) is 2.21. The molecular formula is C28H35NO5. The first-order valence-corrected chi connectivity index (χ1v) is 11.4. The average molecular weight is 466 g/mol. The third-order valence-corrected chi connectivity index (χ3v) is 5.76. The number of nitrogens with zero attached hydrogens (tertiary/aromatic N) is 1. The number of hydrogen-bond acceptors (Lipinski definition) is 6. The van der Waals surface area contributed by atoms with E-state index in [1.165, 1.54) is 0 Å². The van der Waals surface area contributed by atoms with E-state index in [-0.39, 0.29) is 0 Å². The van der Waals surface area contributed by atoms with E-state index in [4.69, 9.17) is 18.9 Å². The molecule has 0 aliphatic heterocycles. The second-order valence-electron chi connectivity index (χ2n) is 8.28. The molecule has 0 aromatic heterocycles. The summed E-state index contributed by atoms with van der Waals surface area (Å²) in [5, 5.41) is 12.4. The number of ether oxygens (including phenoxy) is 4. The van der Waals surface area contributed by atoms with Crippen LogP contribution in [0.25, 0.3) is 0 Å². The van der Waals surface area contributed by atoms with Crippen molar-refractivity contribution in [3.63, 3.8) is 0 Å². The molecule has 0 saturated heterocycles. The van der Waals surface area contributed by atoms with E-state index in [1.807, 2.05) is 93.8 Å². The first-order chi connectivity index (χ1) is 16.4. The molecule has 182 valence electrons. The third-order valence-electron chi connectivity index (χ3n) is 5.76. The molecule has 34 heavy (non-hydrogen) atoms. The molecule has 6 heteroatoms. The molecule has 0 aliphatic carbocycles. The van der Waals surface area contributed by atoms with Crippen molar-refractivity contribution in [1.82, 2.24) is 4.90 Å². The zero-order chi connectivity index (χ0) is 24.6. The maximum Gasteiger partial charge on any atom is 0.145 e. The van der Waals surface area contributed by atoms with Gasteiger partial charge in [0.2, 0.25) is 0 Å². The van der Waals surface area contributed by atoms with E-state index >= 15 is 0 Å². The molecule has 0 fully saturated rings. The lowest BCUT2D eigenvalue weighted by atomic mass is 9.78. The topological polar surface area (TPSA) is 60.4 Å². The molecule has 0 aliphatic rings. The van der Waals surface area contributed by atoms with Crippen LogP contribution in [0.2, 0.25) is 0 Å². The monoisotopic (exact) mass is 465 g/mol. The summed E-state index contributed by atoms with van der Waals surface area (Å²) < 4.78 is 22.7. The van der Waals surface area contributed by atoms with E-state index in [0.717, 1.165) is 23.6 Å². The first kappa shape index (κ1) is 25.6. The third kappa shape index (κ3) is 5.89. The molecule has 2 unspecified atom stereocenters. The SMILES string of the molecule is CCOC(c1ccc(OC)cc1)C(O)(c1ccc(OC)cc1)c1ccc(OCCN(C)C)cc1. The Labute approximate surface area is 202 Å². The van der Waals surface area contributed by atoms with Gasteiger partial charge in [-0.25, -0.2) is 0 Å². The van der Waals surface area contributed by atoms with Crippen LogP contribution in [0.5, 0.6) is 17.2 Å². The van der Waals surface area contributed by atoms with E-state index in [1.54, 1.807) is 14.2 Å². The Morgan fingerprint density at radius 3 is 1.68 bits per heavy atom. The van der Waals surface area contributed by atoms with E-state index < -0.39 is 11.7 Å². The number of likely N-dealkylation sites (N-methyl/N-ethyl adjacent to an activating group) is 1. The van der Waals surface area contributed by atoms with Gasteiger partial charge in [0.25, 0.3) is 0 Å². The molecular weight excluding hydrogens is 430 g/mol. The van der Waals surface area contributed by atoms with Crippen LogP contribution in [0.4, 0.5) is 0 Å². The van der Waals surface area contributed by atoms with Gasteiger partial charge in [0.15, 0.2) is 0 Å². The second-order valence-corrected chi connectivity index (χ2v) is 8.28. The molecule has 6 nitrogen and oxygen atoms in total. The minimum Gasteiger partial charge on any atom is -0.497 e. The van der Waals surface area contributed by atoms with Gasteiger partial charge in [-0.1, -0.05) is 36.4 Å². The van der Waals surface area contributed by atoms with Gasteiger partial charge in [-0.05, 0) is 74.1 Å². The molecule has 3 aromatic rings. The number of aliphatic hydroxyl groups is 1. The van der Waals surface area contributed by atoms with Crippen LogP contribution in [-0.4, -0.2) is 58.1 Å². The molecule has 3 aromatic carbocycles. The van der Waals surface area contributed by atoms with Gasteiger partial charge in [0, 0.05) is 13.2 Å². The summed E-state index contributed by atoms with van der Waals surface area (Å²) in [6.07, 6.45) is -0.655. The van der Waals surface area contributed by atoms with Gasteiger partial charge in [0.05, 0.1) is 14.2 Å². The lowest BCUT2D eigenvalue weighted by Crippen LogP contribution is -2.36. The molecule has 1 N–H and O–H groups in total. The standard InChI is InChI=1S/C28H35NO5/c1-6-33-27(21-7-13-24(31-4)14-8-21)28(30,22-9-15-25(32-5)16-10-22)23-11-17-26(18-12-23)34-20-19-29(2)3/h7-18,27,30H,6,19-20H2,1-5H3. The molecule has 0 heterocycles. The number of hydrogen-bond donors (Lipinski definition) is 1. The van der Waals surface area contributed by atoms with Crippen LogP contribution in [0.15, 0.2) is 72.8 Å². The summed E-state index contributed by atoms with van der Waals surface area (Å²) in [6, 6.07) is 22.6. The minimum absolute atomic E-state index is 0.431. The maximum atomic E-state index is 12.4. The van der Waals surface area contributed by atoms with Gasteiger partial charge in [-0.3, -0.25) is 0 Å². The summed E-state index contributed by atoms with van der Waals surface area (Å²) >= 11 is 0. The first-order valence-electron chi connectivity index (χ1n) is 11.4. The van der Waals surface area contributed by atoms with Gasteiger partial charge >= 0.3 is 0 Å². The van der Waals surface area contributed by atoms with Crippen molar-refractivity contribution < 1.29 is 24.1 Å². The van der Waals surface area contributed by atoms with Gasteiger partial charge in [0.1, 0.15) is 35.6 Å². The molecule has 0 spiro atoms. The predicted molar refractivity (Wildman–Crippen MR) is 134 cm³/mol. The molecule has 2 atom stereocenters. The maximum absolute atomic E-state index is 12.4. The Morgan fingerprint density at radius 2 is 1.24 bits per heavy atom. The highest BCUT2D eigenvalue weighted by Crippen LogP contribution is 2.44. The lowest BCUT2D eigenvalue weighted by molar-refractivity contribution is -0.0897. The molecule has 0 radical (unpaired) electrons. The molecule has 0 bridgehead atoms. The van der Waals surface area contributed by atoms with E-state index in [9.17, 15) is 5.11 Å². The quantitative estimate of drug-likeness (QED) is 0.420. The molecule has 0 saturated carbocycles. The Bertz CT molecular complexity index is 1000. The fourth-order valence-corrected chi connectivity index (χ4v) is 3.87. The van der Waals surface area contributed by atoms with Crippen LogP contribution in [-0.2, 0) is 10.3 Å². The zero-order valence-corrected chi connectivity index (χ0v) is 20.7. The summed E-state index contributed by atoms with van der Waals surface area (Å²) in [6.45, 7) is 3.76. The highest BCUT2D eigenvalue weighted by atomic mass is 16.5. The summed E-state index contributed by atoms with van der Waals surface area (Å²) in [4.78, 5) is 2.07. The van der Waals surface area contributed by atoms with Crippen LogP contribution in [0.1, 0.15) is 29.7 Å². The predicted octanol–water partition coefficient (Wildman–Crippen LogP) is 4.66. The Kier molecular flexibility index (Phi) is 8.93. The number of rotatable bonds is 12. The van der Waals surface area contributed by atoms with Crippen LogP contribution >= 0.6 is 0 Å². The fourth-order valence-electron chi connectivity index (χ4n) is 3.87. The average Bonchev–Trinajstić information content (AvgIpc) is 2.87. The van der Waals surface area contributed by atoms with Crippen molar-refractivity contribution in [3.05, 3.63) is 89.5 Å². The van der Waals surface area contributed by atoms with Crippen molar-refractivity contribution in [3.8, 4) is 17.2 Å². The minimum atomic E-state index is -1.46. The fraction of sp³-hybridized carbons (Fsp3) is 0.357. The second kappa shape index (κ2) is 11.9. The smallest absolute Gasteiger partial charge is 0.145 e. The van der Waals surface area contributed by atoms with E-state index in [2.05, 4.69) is 4.90 Å². The van der Waals surface area contributed by atoms with Gasteiger partial charge in [-0.2, -0.15) is 0 Å². The lowest BCUT2D eigenvalue weighted by Gasteiger charge is -2.37. The van der Waals surface area contributed by atoms with Crippen molar-refractivity contribution in [1.29, 1.82) is 0 Å². The van der Waals surface area contributed by atoms with Gasteiger partial charge in [-0.15, -0.1) is 0 Å².